The minimum Gasteiger partial charge on any atom is -0.496 e. The van der Waals surface area contributed by atoms with E-state index in [1.54, 1.807) is 24.3 Å². The highest BCUT2D eigenvalue weighted by Gasteiger charge is 2.22. The molecule has 0 unspecified atom stereocenters. The summed E-state index contributed by atoms with van der Waals surface area (Å²) in [5, 5.41) is 0. The van der Waals surface area contributed by atoms with E-state index in [0.29, 0.717) is 17.0 Å². The first-order valence-corrected chi connectivity index (χ1v) is 5.99. The largest absolute Gasteiger partial charge is 0.496 e. The van der Waals surface area contributed by atoms with Gasteiger partial charge in [-0.15, -0.1) is 0 Å². The molecule has 0 atom stereocenters. The molecule has 104 valence electrons. The van der Waals surface area contributed by atoms with Crippen molar-refractivity contribution in [3.05, 3.63) is 47.5 Å². The summed E-state index contributed by atoms with van der Waals surface area (Å²) < 4.78 is 10.4. The van der Waals surface area contributed by atoms with Gasteiger partial charge in [-0.1, -0.05) is 30.3 Å². The Morgan fingerprint density at radius 1 is 1.05 bits per heavy atom. The third kappa shape index (κ3) is 2.25. The van der Waals surface area contributed by atoms with Crippen LogP contribution in [-0.2, 0) is 0 Å². The van der Waals surface area contributed by atoms with Gasteiger partial charge in [-0.2, -0.15) is 0 Å². The maximum Gasteiger partial charge on any atom is 0.198 e. The SMILES string of the molecule is COc1cc(N)c(OC)c(N)c1C(=O)c1ccccc1. The number of methoxy groups -OCH3 is 2. The monoisotopic (exact) mass is 272 g/mol. The van der Waals surface area contributed by atoms with E-state index < -0.39 is 0 Å². The Bertz CT molecular complexity index is 639. The van der Waals surface area contributed by atoms with Crippen molar-refractivity contribution in [2.24, 2.45) is 0 Å². The topological polar surface area (TPSA) is 87.6 Å². The van der Waals surface area contributed by atoms with Gasteiger partial charge in [0.05, 0.1) is 31.2 Å². The Morgan fingerprint density at radius 2 is 1.70 bits per heavy atom. The van der Waals surface area contributed by atoms with Crippen LogP contribution in [0.2, 0.25) is 0 Å². The maximum absolute atomic E-state index is 12.6. The molecule has 0 radical (unpaired) electrons. The van der Waals surface area contributed by atoms with Crippen LogP contribution in [0.4, 0.5) is 11.4 Å². The van der Waals surface area contributed by atoms with Crippen LogP contribution in [0, 0.1) is 0 Å². The maximum atomic E-state index is 12.6. The average molecular weight is 272 g/mol. The van der Waals surface area contributed by atoms with Crippen LogP contribution in [0.15, 0.2) is 36.4 Å². The van der Waals surface area contributed by atoms with E-state index >= 15 is 0 Å². The molecule has 0 aromatic heterocycles. The molecular formula is C15H16N2O3. The van der Waals surface area contributed by atoms with Crippen LogP contribution in [0.25, 0.3) is 0 Å². The fraction of sp³-hybridized carbons (Fsp3) is 0.133. The predicted octanol–water partition coefficient (Wildman–Crippen LogP) is 2.10. The summed E-state index contributed by atoms with van der Waals surface area (Å²) in [5.41, 5.74) is 13.1. The molecule has 2 aromatic carbocycles. The van der Waals surface area contributed by atoms with Gasteiger partial charge in [-0.25, -0.2) is 0 Å². The van der Waals surface area contributed by atoms with Crippen molar-refractivity contribution in [3.63, 3.8) is 0 Å². The first-order chi connectivity index (χ1) is 9.60. The van der Waals surface area contributed by atoms with Gasteiger partial charge < -0.3 is 20.9 Å². The van der Waals surface area contributed by atoms with Crippen molar-refractivity contribution < 1.29 is 14.3 Å². The van der Waals surface area contributed by atoms with Crippen LogP contribution in [-0.4, -0.2) is 20.0 Å². The number of ketones is 1. The van der Waals surface area contributed by atoms with Crippen LogP contribution in [0.3, 0.4) is 0 Å². The van der Waals surface area contributed by atoms with E-state index in [2.05, 4.69) is 0 Å². The van der Waals surface area contributed by atoms with Gasteiger partial charge in [-0.3, -0.25) is 4.79 Å². The predicted molar refractivity (Wildman–Crippen MR) is 78.2 cm³/mol. The number of anilines is 2. The minimum absolute atomic E-state index is 0.179. The third-order valence-electron chi connectivity index (χ3n) is 3.00. The number of carbonyl (C=O) groups is 1. The highest BCUT2D eigenvalue weighted by atomic mass is 16.5. The minimum atomic E-state index is -0.238. The van der Waals surface area contributed by atoms with E-state index in [1.807, 2.05) is 6.07 Å². The lowest BCUT2D eigenvalue weighted by molar-refractivity contribution is 0.103. The highest BCUT2D eigenvalue weighted by Crippen LogP contribution is 2.39. The number of ether oxygens (including phenoxy) is 2. The first kappa shape index (κ1) is 13.7. The lowest BCUT2D eigenvalue weighted by Gasteiger charge is -2.15. The smallest absolute Gasteiger partial charge is 0.198 e. The molecule has 2 aromatic rings. The second-order valence-corrected chi connectivity index (χ2v) is 4.19. The number of rotatable bonds is 4. The van der Waals surface area contributed by atoms with Crippen molar-refractivity contribution >= 4 is 17.2 Å². The Morgan fingerprint density at radius 3 is 2.25 bits per heavy atom. The molecule has 0 aliphatic carbocycles. The number of nitrogens with two attached hydrogens (primary N) is 2. The summed E-state index contributed by atoms with van der Waals surface area (Å²) in [6, 6.07) is 10.4. The normalized spacial score (nSPS) is 10.1. The van der Waals surface area contributed by atoms with Gasteiger partial charge in [0.2, 0.25) is 0 Å². The van der Waals surface area contributed by atoms with E-state index in [0.717, 1.165) is 0 Å². The molecule has 0 saturated carbocycles. The number of nitrogen functional groups attached to an aromatic ring is 2. The molecule has 2 rings (SSSR count). The number of carbonyl (C=O) groups excluding carboxylic acids is 1. The fourth-order valence-corrected chi connectivity index (χ4v) is 2.04. The van der Waals surface area contributed by atoms with Gasteiger partial charge in [0.15, 0.2) is 11.5 Å². The van der Waals surface area contributed by atoms with E-state index in [4.69, 9.17) is 20.9 Å². The van der Waals surface area contributed by atoms with Gasteiger partial charge in [0.25, 0.3) is 0 Å². The summed E-state index contributed by atoms with van der Waals surface area (Å²) in [6.07, 6.45) is 0. The summed E-state index contributed by atoms with van der Waals surface area (Å²) in [4.78, 5) is 12.6. The molecule has 0 aliphatic rings. The molecule has 0 fully saturated rings. The molecule has 0 aliphatic heterocycles. The number of hydrogen-bond acceptors (Lipinski definition) is 5. The quantitative estimate of drug-likeness (QED) is 0.657. The van der Waals surface area contributed by atoms with Gasteiger partial charge >= 0.3 is 0 Å². The van der Waals surface area contributed by atoms with Crippen molar-refractivity contribution in [2.75, 3.05) is 25.7 Å². The molecule has 5 heteroatoms. The Hall–Kier alpha value is -2.69. The zero-order chi connectivity index (χ0) is 14.7. The van der Waals surface area contributed by atoms with Crippen LogP contribution < -0.4 is 20.9 Å². The average Bonchev–Trinajstić information content (AvgIpc) is 2.47. The molecule has 0 heterocycles. The van der Waals surface area contributed by atoms with Crippen LogP contribution in [0.5, 0.6) is 11.5 Å². The molecule has 4 N–H and O–H groups in total. The molecule has 20 heavy (non-hydrogen) atoms. The second-order valence-electron chi connectivity index (χ2n) is 4.19. The summed E-state index contributed by atoms with van der Waals surface area (Å²) >= 11 is 0. The number of hydrogen-bond donors (Lipinski definition) is 2. The molecule has 0 saturated heterocycles. The molecular weight excluding hydrogens is 256 g/mol. The highest BCUT2D eigenvalue weighted by molar-refractivity contribution is 6.15. The van der Waals surface area contributed by atoms with Crippen molar-refractivity contribution in [3.8, 4) is 11.5 Å². The summed E-state index contributed by atoms with van der Waals surface area (Å²) in [6.45, 7) is 0. The Balaban J connectivity index is 2.64. The zero-order valence-corrected chi connectivity index (χ0v) is 11.3. The lowest BCUT2D eigenvalue weighted by atomic mass is 9.99. The Kier molecular flexibility index (Phi) is 3.79. The third-order valence-corrected chi connectivity index (χ3v) is 3.00. The molecule has 5 nitrogen and oxygen atoms in total. The summed E-state index contributed by atoms with van der Waals surface area (Å²) in [5.74, 6) is 0.373. The van der Waals surface area contributed by atoms with Gasteiger partial charge in [0.1, 0.15) is 5.75 Å². The summed E-state index contributed by atoms with van der Waals surface area (Å²) in [7, 11) is 2.91. The second kappa shape index (κ2) is 5.52. The standard InChI is InChI=1S/C15H16N2O3/c1-19-11-8-10(16)15(20-2)13(17)12(11)14(18)9-6-4-3-5-7-9/h3-8H,16-17H2,1-2H3. The van der Waals surface area contributed by atoms with E-state index in [-0.39, 0.29) is 22.8 Å². The number of benzene rings is 2. The Labute approximate surface area is 117 Å². The first-order valence-electron chi connectivity index (χ1n) is 5.99. The van der Waals surface area contributed by atoms with Crippen LogP contribution >= 0.6 is 0 Å². The molecule has 0 amide bonds. The fourth-order valence-electron chi connectivity index (χ4n) is 2.04. The van der Waals surface area contributed by atoms with Gasteiger partial charge in [-0.05, 0) is 0 Å². The zero-order valence-electron chi connectivity index (χ0n) is 11.3. The lowest BCUT2D eigenvalue weighted by Crippen LogP contribution is -2.10. The molecule has 0 bridgehead atoms. The van der Waals surface area contributed by atoms with Gasteiger partial charge in [0, 0.05) is 11.6 Å². The molecule has 0 spiro atoms. The van der Waals surface area contributed by atoms with Crippen molar-refractivity contribution in [2.45, 2.75) is 0 Å². The van der Waals surface area contributed by atoms with Crippen molar-refractivity contribution in [1.29, 1.82) is 0 Å². The van der Waals surface area contributed by atoms with Crippen LogP contribution in [0.1, 0.15) is 15.9 Å². The van der Waals surface area contributed by atoms with E-state index in [1.165, 1.54) is 20.3 Å². The van der Waals surface area contributed by atoms with E-state index in [9.17, 15) is 4.79 Å². The van der Waals surface area contributed by atoms with Crippen molar-refractivity contribution in [1.82, 2.24) is 0 Å².